The molecule has 1 N–H and O–H groups in total. The monoisotopic (exact) mass is 506 g/mol. The van der Waals surface area contributed by atoms with Crippen LogP contribution in [0.4, 0.5) is 0 Å². The van der Waals surface area contributed by atoms with Crippen molar-refractivity contribution in [2.75, 3.05) is 0 Å². The van der Waals surface area contributed by atoms with Gasteiger partial charge in [-0.3, -0.25) is 0 Å². The van der Waals surface area contributed by atoms with Crippen LogP contribution in [-0.2, 0) is 0 Å². The van der Waals surface area contributed by atoms with Gasteiger partial charge in [0.15, 0.2) is 0 Å². The van der Waals surface area contributed by atoms with E-state index in [-0.39, 0.29) is 29.1 Å². The molecule has 2 aliphatic carbocycles. The zero-order valence-corrected chi connectivity index (χ0v) is 22.8. The fraction of sp³-hybridized carbons (Fsp3) is 0.211. The van der Waals surface area contributed by atoms with Gasteiger partial charge in [0.2, 0.25) is 0 Å². The Balaban J connectivity index is 1.50. The normalized spacial score (nSPS) is 19.4. The van der Waals surface area contributed by atoms with Crippen molar-refractivity contribution in [3.05, 3.63) is 137 Å². The lowest BCUT2D eigenvalue weighted by Crippen LogP contribution is -2.34. The average Bonchev–Trinajstić information content (AvgIpc) is 2.94. The Labute approximate surface area is 231 Å². The molecule has 5 aromatic carbocycles. The van der Waals surface area contributed by atoms with Gasteiger partial charge in [0.05, 0.1) is 0 Å². The summed E-state index contributed by atoms with van der Waals surface area (Å²) < 4.78 is 0. The summed E-state index contributed by atoms with van der Waals surface area (Å²) >= 11 is 0. The first-order chi connectivity index (χ1) is 18.9. The molecule has 0 aliphatic heterocycles. The molecule has 0 radical (unpaired) electrons. The number of aromatic hydroxyl groups is 1. The van der Waals surface area contributed by atoms with Gasteiger partial charge in [-0.1, -0.05) is 130 Å². The highest BCUT2D eigenvalue weighted by Gasteiger charge is 2.43. The molecule has 0 bridgehead atoms. The van der Waals surface area contributed by atoms with Crippen molar-refractivity contribution >= 4 is 33.7 Å². The maximum absolute atomic E-state index is 10.2. The van der Waals surface area contributed by atoms with Gasteiger partial charge in [0.1, 0.15) is 5.75 Å². The van der Waals surface area contributed by atoms with Gasteiger partial charge >= 0.3 is 0 Å². The topological polar surface area (TPSA) is 20.2 Å². The second kappa shape index (κ2) is 8.99. The molecule has 0 saturated carbocycles. The van der Waals surface area contributed by atoms with Crippen molar-refractivity contribution < 1.29 is 5.11 Å². The summed E-state index contributed by atoms with van der Waals surface area (Å²) in [4.78, 5) is 0. The van der Waals surface area contributed by atoms with Crippen molar-refractivity contribution in [2.45, 2.75) is 38.5 Å². The molecule has 0 saturated heterocycles. The minimum absolute atomic E-state index is 0.0148. The van der Waals surface area contributed by atoms with E-state index in [0.717, 1.165) is 0 Å². The van der Waals surface area contributed by atoms with Crippen LogP contribution >= 0.6 is 0 Å². The molecule has 0 fully saturated rings. The standard InChI is InChI=1S/C38H34O/c1-38(2,3)37(28-16-20-29(39)21-17-28)36(32-22-18-26-10-4-8-24-12-6-14-30(32)34(24)26)33-23-19-27-11-5-9-25-13-7-15-31(33)35(25)27/h4-23,32-33,36-37,39H,1-3H3. The average molecular weight is 507 g/mol. The molecule has 0 spiro atoms. The second-order valence-electron chi connectivity index (χ2n) is 12.4. The Morgan fingerprint density at radius 3 is 1.51 bits per heavy atom. The third-order valence-electron chi connectivity index (χ3n) is 9.02. The van der Waals surface area contributed by atoms with E-state index in [1.165, 1.54) is 49.4 Å². The summed E-state index contributed by atoms with van der Waals surface area (Å²) in [7, 11) is 0. The third kappa shape index (κ3) is 3.91. The molecule has 2 aliphatic rings. The number of hydrogen-bond donors (Lipinski definition) is 1. The van der Waals surface area contributed by atoms with Crippen LogP contribution in [0.3, 0.4) is 0 Å². The molecule has 3 unspecified atom stereocenters. The molecule has 1 nitrogen and oxygen atoms in total. The van der Waals surface area contributed by atoms with Crippen LogP contribution in [0.2, 0.25) is 0 Å². The zero-order chi connectivity index (χ0) is 26.7. The number of benzene rings is 5. The lowest BCUT2D eigenvalue weighted by atomic mass is 9.58. The van der Waals surface area contributed by atoms with E-state index in [0.29, 0.717) is 5.75 Å². The van der Waals surface area contributed by atoms with Crippen molar-refractivity contribution in [3.63, 3.8) is 0 Å². The van der Waals surface area contributed by atoms with Gasteiger partial charge in [0, 0.05) is 11.8 Å². The Bertz CT molecular complexity index is 1650. The quantitative estimate of drug-likeness (QED) is 0.257. The van der Waals surface area contributed by atoms with E-state index in [1.807, 2.05) is 12.1 Å². The summed E-state index contributed by atoms with van der Waals surface area (Å²) in [5.74, 6) is 1.28. The predicted molar refractivity (Wildman–Crippen MR) is 165 cm³/mol. The molecule has 5 aromatic rings. The Morgan fingerprint density at radius 1 is 0.590 bits per heavy atom. The van der Waals surface area contributed by atoms with Crippen molar-refractivity contribution in [1.29, 1.82) is 0 Å². The van der Waals surface area contributed by atoms with Crippen molar-refractivity contribution in [2.24, 2.45) is 11.3 Å². The number of phenols is 1. The molecule has 3 atom stereocenters. The highest BCUT2D eigenvalue weighted by atomic mass is 16.3. The van der Waals surface area contributed by atoms with Gasteiger partial charge < -0.3 is 5.11 Å². The van der Waals surface area contributed by atoms with Crippen LogP contribution in [-0.4, -0.2) is 5.11 Å². The fourth-order valence-corrected chi connectivity index (χ4v) is 7.55. The Hall–Kier alpha value is -4.10. The highest BCUT2D eigenvalue weighted by molar-refractivity contribution is 5.97. The van der Waals surface area contributed by atoms with E-state index in [1.54, 1.807) is 0 Å². The van der Waals surface area contributed by atoms with E-state index in [9.17, 15) is 5.11 Å². The third-order valence-corrected chi connectivity index (χ3v) is 9.02. The van der Waals surface area contributed by atoms with E-state index < -0.39 is 0 Å². The molecule has 192 valence electrons. The molecule has 39 heavy (non-hydrogen) atoms. The Morgan fingerprint density at radius 2 is 1.05 bits per heavy atom. The van der Waals surface area contributed by atoms with Crippen molar-refractivity contribution in [1.82, 2.24) is 0 Å². The molecule has 7 rings (SSSR count). The van der Waals surface area contributed by atoms with Crippen LogP contribution < -0.4 is 0 Å². The van der Waals surface area contributed by atoms with E-state index in [4.69, 9.17) is 0 Å². The molecular weight excluding hydrogens is 472 g/mol. The van der Waals surface area contributed by atoms with Crippen LogP contribution in [0.15, 0.2) is 109 Å². The highest BCUT2D eigenvalue weighted by Crippen LogP contribution is 2.56. The summed E-state index contributed by atoms with van der Waals surface area (Å²) in [6.07, 6.45) is 9.64. The van der Waals surface area contributed by atoms with Gasteiger partial charge in [0.25, 0.3) is 0 Å². The smallest absolute Gasteiger partial charge is 0.115 e. The van der Waals surface area contributed by atoms with Crippen LogP contribution in [0.1, 0.15) is 66.3 Å². The first-order valence-corrected chi connectivity index (χ1v) is 14.1. The summed E-state index contributed by atoms with van der Waals surface area (Å²) in [6.45, 7) is 7.12. The maximum Gasteiger partial charge on any atom is 0.115 e. The lowest BCUT2D eigenvalue weighted by Gasteiger charge is -2.46. The Kier molecular flexibility index (Phi) is 5.52. The number of hydrogen-bond acceptors (Lipinski definition) is 1. The molecule has 1 heteroatoms. The summed E-state index contributed by atoms with van der Waals surface area (Å²) in [6, 6.07) is 34.9. The van der Waals surface area contributed by atoms with Crippen molar-refractivity contribution in [3.8, 4) is 5.75 Å². The fourth-order valence-electron chi connectivity index (χ4n) is 7.55. The first-order valence-electron chi connectivity index (χ1n) is 14.1. The van der Waals surface area contributed by atoms with E-state index in [2.05, 4.69) is 130 Å². The molecular formula is C38H34O. The van der Waals surface area contributed by atoms with Gasteiger partial charge in [-0.25, -0.2) is 0 Å². The first kappa shape index (κ1) is 24.0. The van der Waals surface area contributed by atoms with Crippen LogP contribution in [0.5, 0.6) is 5.75 Å². The number of phenolic OH excluding ortho intramolecular Hbond substituents is 1. The molecule has 0 heterocycles. The van der Waals surface area contributed by atoms with Crippen LogP contribution in [0.25, 0.3) is 33.7 Å². The lowest BCUT2D eigenvalue weighted by molar-refractivity contribution is 0.206. The largest absolute Gasteiger partial charge is 0.508 e. The zero-order valence-electron chi connectivity index (χ0n) is 22.8. The molecule has 0 amide bonds. The summed E-state index contributed by atoms with van der Waals surface area (Å²) in [5.41, 5.74) is 6.72. The predicted octanol–water partition coefficient (Wildman–Crippen LogP) is 10.1. The van der Waals surface area contributed by atoms with E-state index >= 15 is 0 Å². The number of allylic oxidation sites excluding steroid dienone is 2. The molecule has 0 aromatic heterocycles. The van der Waals surface area contributed by atoms with Gasteiger partial charge in [-0.2, -0.15) is 0 Å². The van der Waals surface area contributed by atoms with Gasteiger partial charge in [-0.05, 0) is 78.7 Å². The summed E-state index contributed by atoms with van der Waals surface area (Å²) in [5, 5.41) is 15.6. The number of rotatable bonds is 4. The second-order valence-corrected chi connectivity index (χ2v) is 12.4. The minimum Gasteiger partial charge on any atom is -0.508 e. The van der Waals surface area contributed by atoms with Gasteiger partial charge in [-0.15, -0.1) is 0 Å². The van der Waals surface area contributed by atoms with Crippen LogP contribution in [0, 0.1) is 11.3 Å². The maximum atomic E-state index is 10.2. The minimum atomic E-state index is -0.0148. The SMILES string of the molecule is CC(C)(C)C(c1ccc(O)cc1)C(C1C=Cc2cccc3cccc1c23)C1C=Cc2cccc3cccc1c23.